The number of ether oxygens (including phenoxy) is 2. The van der Waals surface area contributed by atoms with Crippen LogP contribution in [0.15, 0.2) is 18.2 Å². The summed E-state index contributed by atoms with van der Waals surface area (Å²) < 4.78 is 22.8. The Kier molecular flexibility index (Phi) is 5.26. The Morgan fingerprint density at radius 2 is 2.24 bits per heavy atom. The second-order valence-electron chi connectivity index (χ2n) is 3.37. The normalized spacial score (nSPS) is 9.82. The van der Waals surface area contributed by atoms with Crippen molar-refractivity contribution in [2.24, 2.45) is 0 Å². The number of hydrogen-bond acceptors (Lipinski definition) is 3. The molecule has 0 aliphatic carbocycles. The van der Waals surface area contributed by atoms with Crippen molar-refractivity contribution in [2.45, 2.75) is 13.3 Å². The van der Waals surface area contributed by atoms with Crippen LogP contribution in [0.25, 0.3) is 0 Å². The third-order valence-electron chi connectivity index (χ3n) is 2.17. The third-order valence-corrected chi connectivity index (χ3v) is 2.17. The highest BCUT2D eigenvalue weighted by Gasteiger charge is 2.04. The van der Waals surface area contributed by atoms with E-state index < -0.39 is 11.9 Å². The summed E-state index contributed by atoms with van der Waals surface area (Å²) in [6.45, 7) is 2.48. The number of methoxy groups -OCH3 is 1. The van der Waals surface area contributed by atoms with Gasteiger partial charge < -0.3 is 14.8 Å². The van der Waals surface area contributed by atoms with E-state index in [1.807, 2.05) is 0 Å². The molecule has 1 aromatic rings. The first-order chi connectivity index (χ1) is 8.17. The Morgan fingerprint density at radius 3 is 2.82 bits per heavy atom. The highest BCUT2D eigenvalue weighted by Crippen LogP contribution is 2.17. The molecule has 1 N–H and O–H groups in total. The SMILES string of the molecule is CCOC(=O)NCCc1ccc(OC)c(F)c1. The Morgan fingerprint density at radius 1 is 1.47 bits per heavy atom. The molecule has 0 heterocycles. The van der Waals surface area contributed by atoms with Gasteiger partial charge in [0.15, 0.2) is 11.6 Å². The zero-order chi connectivity index (χ0) is 12.7. The van der Waals surface area contributed by atoms with Crippen molar-refractivity contribution in [3.8, 4) is 5.75 Å². The molecule has 4 nitrogen and oxygen atoms in total. The van der Waals surface area contributed by atoms with Gasteiger partial charge in [-0.05, 0) is 31.0 Å². The molecular formula is C12H16FNO3. The minimum atomic E-state index is -0.457. The molecule has 94 valence electrons. The standard InChI is InChI=1S/C12H16FNO3/c1-3-17-12(15)14-7-6-9-4-5-11(16-2)10(13)8-9/h4-5,8H,3,6-7H2,1-2H3,(H,14,15). The molecule has 0 aliphatic heterocycles. The average Bonchev–Trinajstić information content (AvgIpc) is 2.29. The van der Waals surface area contributed by atoms with Gasteiger partial charge in [-0.2, -0.15) is 0 Å². The number of rotatable bonds is 5. The van der Waals surface area contributed by atoms with E-state index in [-0.39, 0.29) is 5.75 Å². The molecule has 17 heavy (non-hydrogen) atoms. The molecule has 0 radical (unpaired) electrons. The zero-order valence-corrected chi connectivity index (χ0v) is 9.96. The average molecular weight is 241 g/mol. The Hall–Kier alpha value is -1.78. The molecule has 0 atom stereocenters. The Balaban J connectivity index is 2.42. The molecule has 0 spiro atoms. The van der Waals surface area contributed by atoms with Crippen LogP contribution < -0.4 is 10.1 Å². The van der Waals surface area contributed by atoms with E-state index in [0.717, 1.165) is 5.56 Å². The van der Waals surface area contributed by atoms with E-state index >= 15 is 0 Å². The number of carbonyl (C=O) groups excluding carboxylic acids is 1. The molecular weight excluding hydrogens is 225 g/mol. The van der Waals surface area contributed by atoms with Crippen LogP contribution in [0.2, 0.25) is 0 Å². The lowest BCUT2D eigenvalue weighted by molar-refractivity contribution is 0.152. The quantitative estimate of drug-likeness (QED) is 0.859. The topological polar surface area (TPSA) is 47.6 Å². The van der Waals surface area contributed by atoms with Crippen LogP contribution in [-0.4, -0.2) is 26.4 Å². The molecule has 0 aliphatic rings. The van der Waals surface area contributed by atoms with Gasteiger partial charge in [0.05, 0.1) is 13.7 Å². The van der Waals surface area contributed by atoms with Gasteiger partial charge in [0, 0.05) is 6.54 Å². The number of carbonyl (C=O) groups is 1. The second-order valence-corrected chi connectivity index (χ2v) is 3.37. The molecule has 0 saturated carbocycles. The van der Waals surface area contributed by atoms with Gasteiger partial charge in [0.2, 0.25) is 0 Å². The zero-order valence-electron chi connectivity index (χ0n) is 9.96. The fourth-order valence-corrected chi connectivity index (χ4v) is 1.36. The van der Waals surface area contributed by atoms with Crippen LogP contribution in [0.1, 0.15) is 12.5 Å². The monoisotopic (exact) mass is 241 g/mol. The van der Waals surface area contributed by atoms with Crippen molar-refractivity contribution in [3.63, 3.8) is 0 Å². The summed E-state index contributed by atoms with van der Waals surface area (Å²) in [5, 5.41) is 2.57. The lowest BCUT2D eigenvalue weighted by Crippen LogP contribution is -2.26. The number of alkyl carbamates (subject to hydrolysis) is 1. The molecule has 1 aromatic carbocycles. The fourth-order valence-electron chi connectivity index (χ4n) is 1.36. The maximum absolute atomic E-state index is 13.3. The summed E-state index contributed by atoms with van der Waals surface area (Å²) in [5.74, 6) is -0.187. The molecule has 0 unspecified atom stereocenters. The van der Waals surface area contributed by atoms with Crippen LogP contribution in [0, 0.1) is 5.82 Å². The van der Waals surface area contributed by atoms with Gasteiger partial charge in [-0.25, -0.2) is 9.18 Å². The predicted molar refractivity (Wildman–Crippen MR) is 61.7 cm³/mol. The summed E-state index contributed by atoms with van der Waals surface area (Å²) in [6.07, 6.45) is 0.0844. The van der Waals surface area contributed by atoms with Crippen LogP contribution >= 0.6 is 0 Å². The van der Waals surface area contributed by atoms with Crippen molar-refractivity contribution in [2.75, 3.05) is 20.3 Å². The Labute approximate surface area is 99.7 Å². The van der Waals surface area contributed by atoms with Crippen molar-refractivity contribution in [1.82, 2.24) is 5.32 Å². The first-order valence-corrected chi connectivity index (χ1v) is 5.40. The Bertz CT molecular complexity index is 382. The van der Waals surface area contributed by atoms with Crippen molar-refractivity contribution in [1.29, 1.82) is 0 Å². The summed E-state index contributed by atoms with van der Waals surface area (Å²) in [7, 11) is 1.42. The second kappa shape index (κ2) is 6.73. The molecule has 0 fully saturated rings. The summed E-state index contributed by atoms with van der Waals surface area (Å²) in [6, 6.07) is 4.72. The maximum atomic E-state index is 13.3. The molecule has 1 rings (SSSR count). The van der Waals surface area contributed by atoms with Gasteiger partial charge in [-0.3, -0.25) is 0 Å². The van der Waals surface area contributed by atoms with E-state index in [4.69, 9.17) is 9.47 Å². The van der Waals surface area contributed by atoms with Crippen molar-refractivity contribution < 1.29 is 18.7 Å². The molecule has 5 heteroatoms. The summed E-state index contributed by atoms with van der Waals surface area (Å²) in [5.41, 5.74) is 0.792. The smallest absolute Gasteiger partial charge is 0.407 e. The predicted octanol–water partition coefficient (Wildman–Crippen LogP) is 2.12. The minimum Gasteiger partial charge on any atom is -0.494 e. The van der Waals surface area contributed by atoms with E-state index in [9.17, 15) is 9.18 Å². The first-order valence-electron chi connectivity index (χ1n) is 5.40. The number of benzene rings is 1. The van der Waals surface area contributed by atoms with Crippen LogP contribution in [0.3, 0.4) is 0 Å². The lowest BCUT2D eigenvalue weighted by atomic mass is 10.1. The van der Waals surface area contributed by atoms with Crippen molar-refractivity contribution in [3.05, 3.63) is 29.6 Å². The number of halogens is 1. The van der Waals surface area contributed by atoms with Crippen LogP contribution in [0.5, 0.6) is 5.75 Å². The number of amides is 1. The van der Waals surface area contributed by atoms with Gasteiger partial charge >= 0.3 is 6.09 Å². The van der Waals surface area contributed by atoms with Crippen LogP contribution in [0.4, 0.5) is 9.18 Å². The molecule has 1 amide bonds. The van der Waals surface area contributed by atoms with Gasteiger partial charge in [0.25, 0.3) is 0 Å². The first kappa shape index (κ1) is 13.3. The molecule has 0 saturated heterocycles. The lowest BCUT2D eigenvalue weighted by Gasteiger charge is -2.06. The van der Waals surface area contributed by atoms with Gasteiger partial charge in [0.1, 0.15) is 0 Å². The van der Waals surface area contributed by atoms with E-state index in [2.05, 4.69) is 5.32 Å². The van der Waals surface area contributed by atoms with Crippen molar-refractivity contribution >= 4 is 6.09 Å². The van der Waals surface area contributed by atoms with Gasteiger partial charge in [-0.1, -0.05) is 6.07 Å². The summed E-state index contributed by atoms with van der Waals surface area (Å²) >= 11 is 0. The molecule has 0 bridgehead atoms. The summed E-state index contributed by atoms with van der Waals surface area (Å²) in [4.78, 5) is 11.0. The van der Waals surface area contributed by atoms with E-state index in [1.165, 1.54) is 13.2 Å². The van der Waals surface area contributed by atoms with E-state index in [0.29, 0.717) is 19.6 Å². The number of nitrogens with one attached hydrogen (secondary N) is 1. The molecule has 0 aromatic heterocycles. The third kappa shape index (κ3) is 4.30. The highest BCUT2D eigenvalue weighted by molar-refractivity contribution is 5.67. The van der Waals surface area contributed by atoms with Gasteiger partial charge in [-0.15, -0.1) is 0 Å². The van der Waals surface area contributed by atoms with E-state index in [1.54, 1.807) is 19.1 Å². The van der Waals surface area contributed by atoms with Crippen LogP contribution in [-0.2, 0) is 11.2 Å². The highest BCUT2D eigenvalue weighted by atomic mass is 19.1. The largest absolute Gasteiger partial charge is 0.494 e. The maximum Gasteiger partial charge on any atom is 0.407 e. The minimum absolute atomic E-state index is 0.215. The fraction of sp³-hybridized carbons (Fsp3) is 0.417. The number of hydrogen-bond donors (Lipinski definition) is 1.